The van der Waals surface area contributed by atoms with Gasteiger partial charge in [0.05, 0.1) is 12.7 Å². The molecule has 0 atom stereocenters. The minimum atomic E-state index is 1.05. The molecule has 1 rings (SSSR count). The summed E-state index contributed by atoms with van der Waals surface area (Å²) in [5, 5.41) is 0. The monoisotopic (exact) mass is 235 g/mol. The molecule has 1 aromatic rings. The van der Waals surface area contributed by atoms with Crippen LogP contribution in [0.4, 0.5) is 0 Å². The predicted molar refractivity (Wildman–Crippen MR) is 73.7 cm³/mol. The first-order valence-electron chi connectivity index (χ1n) is 7.03. The van der Waals surface area contributed by atoms with Crippen LogP contribution in [0.2, 0.25) is 0 Å². The third-order valence-electron chi connectivity index (χ3n) is 3.28. The van der Waals surface area contributed by atoms with Crippen LogP contribution < -0.4 is 4.57 Å². The van der Waals surface area contributed by atoms with Crippen LogP contribution in [-0.4, -0.2) is 4.57 Å². The molecule has 0 bridgehead atoms. The van der Waals surface area contributed by atoms with Crippen molar-refractivity contribution in [3.8, 4) is 0 Å². The second kappa shape index (κ2) is 8.10. The van der Waals surface area contributed by atoms with Gasteiger partial charge in [-0.3, -0.25) is 0 Å². The Hall–Kier alpha value is -1.05. The van der Waals surface area contributed by atoms with Gasteiger partial charge in [0.2, 0.25) is 0 Å². The van der Waals surface area contributed by atoms with Crippen molar-refractivity contribution in [1.82, 2.24) is 4.57 Å². The summed E-state index contributed by atoms with van der Waals surface area (Å²) in [4.78, 5) is 0. The van der Waals surface area contributed by atoms with Gasteiger partial charge in [-0.15, -0.1) is 0 Å². The molecule has 0 fully saturated rings. The van der Waals surface area contributed by atoms with Gasteiger partial charge in [0.15, 0.2) is 0 Å². The Morgan fingerprint density at radius 3 is 2.59 bits per heavy atom. The predicted octanol–water partition coefficient (Wildman–Crippen LogP) is 3.94. The SMILES string of the molecule is CCCCCCCC=Cn1cc[n+](CC)c1C. The molecule has 0 radical (unpaired) electrons. The van der Waals surface area contributed by atoms with Crippen molar-refractivity contribution in [2.75, 3.05) is 0 Å². The molecular weight excluding hydrogens is 208 g/mol. The van der Waals surface area contributed by atoms with E-state index in [1.807, 2.05) is 0 Å². The van der Waals surface area contributed by atoms with Crippen LogP contribution in [-0.2, 0) is 6.54 Å². The smallest absolute Gasteiger partial charge is 0.234 e. The Labute approximate surface area is 106 Å². The van der Waals surface area contributed by atoms with Crippen LogP contribution >= 0.6 is 0 Å². The fourth-order valence-electron chi connectivity index (χ4n) is 2.06. The van der Waals surface area contributed by atoms with Gasteiger partial charge in [0, 0.05) is 6.92 Å². The molecule has 0 aliphatic rings. The van der Waals surface area contributed by atoms with Gasteiger partial charge in [-0.25, -0.2) is 9.13 Å². The van der Waals surface area contributed by atoms with Crippen LogP contribution in [0.5, 0.6) is 0 Å². The summed E-state index contributed by atoms with van der Waals surface area (Å²) in [7, 11) is 0. The average Bonchev–Trinajstić information content (AvgIpc) is 2.69. The molecule has 0 aliphatic carbocycles. The summed E-state index contributed by atoms with van der Waals surface area (Å²) in [5.41, 5.74) is 0. The van der Waals surface area contributed by atoms with E-state index in [0.717, 1.165) is 6.54 Å². The molecule has 0 aromatic carbocycles. The molecule has 0 N–H and O–H groups in total. The van der Waals surface area contributed by atoms with E-state index in [-0.39, 0.29) is 0 Å². The van der Waals surface area contributed by atoms with Crippen LogP contribution in [0.3, 0.4) is 0 Å². The van der Waals surface area contributed by atoms with Crippen molar-refractivity contribution in [2.45, 2.75) is 65.8 Å². The number of aryl methyl sites for hydroxylation is 1. The zero-order chi connectivity index (χ0) is 12.5. The molecular formula is C15H27N2+. The van der Waals surface area contributed by atoms with Gasteiger partial charge in [0.25, 0.3) is 5.82 Å². The number of rotatable bonds is 8. The van der Waals surface area contributed by atoms with E-state index in [1.165, 1.54) is 44.3 Å². The number of imidazole rings is 1. The lowest BCUT2D eigenvalue weighted by Gasteiger charge is -1.96. The summed E-state index contributed by atoms with van der Waals surface area (Å²) >= 11 is 0. The summed E-state index contributed by atoms with van der Waals surface area (Å²) in [6, 6.07) is 0. The van der Waals surface area contributed by atoms with Crippen LogP contribution in [0.25, 0.3) is 6.20 Å². The lowest BCUT2D eigenvalue weighted by atomic mass is 10.1. The largest absolute Gasteiger partial charge is 0.257 e. The molecule has 0 aliphatic heterocycles. The van der Waals surface area contributed by atoms with Crippen molar-refractivity contribution in [1.29, 1.82) is 0 Å². The summed E-state index contributed by atoms with van der Waals surface area (Å²) in [6.07, 6.45) is 16.8. The Morgan fingerprint density at radius 2 is 1.94 bits per heavy atom. The molecule has 2 nitrogen and oxygen atoms in total. The number of allylic oxidation sites excluding steroid dienone is 1. The molecule has 0 unspecified atom stereocenters. The number of unbranched alkanes of at least 4 members (excludes halogenated alkanes) is 5. The second-order valence-electron chi connectivity index (χ2n) is 4.63. The van der Waals surface area contributed by atoms with Gasteiger partial charge in [0.1, 0.15) is 12.4 Å². The van der Waals surface area contributed by atoms with Crippen molar-refractivity contribution in [3.05, 3.63) is 24.3 Å². The van der Waals surface area contributed by atoms with Crippen LogP contribution in [0.1, 0.15) is 58.2 Å². The maximum absolute atomic E-state index is 2.29. The average molecular weight is 235 g/mol. The third-order valence-corrected chi connectivity index (χ3v) is 3.28. The first-order valence-corrected chi connectivity index (χ1v) is 7.03. The molecule has 1 aromatic heterocycles. The Bertz CT molecular complexity index is 337. The maximum atomic E-state index is 2.29. The highest BCUT2D eigenvalue weighted by atomic mass is 15.1. The zero-order valence-corrected chi connectivity index (χ0v) is 11.7. The van der Waals surface area contributed by atoms with E-state index in [1.54, 1.807) is 0 Å². The van der Waals surface area contributed by atoms with Crippen LogP contribution in [0, 0.1) is 6.92 Å². The second-order valence-corrected chi connectivity index (χ2v) is 4.63. The van der Waals surface area contributed by atoms with Gasteiger partial charge < -0.3 is 0 Å². The first-order chi connectivity index (χ1) is 8.29. The van der Waals surface area contributed by atoms with E-state index in [4.69, 9.17) is 0 Å². The quantitative estimate of drug-likeness (QED) is 0.477. The lowest BCUT2D eigenvalue weighted by molar-refractivity contribution is -0.698. The van der Waals surface area contributed by atoms with Gasteiger partial charge in [-0.2, -0.15) is 0 Å². The van der Waals surface area contributed by atoms with E-state index in [9.17, 15) is 0 Å². The topological polar surface area (TPSA) is 8.81 Å². The molecule has 0 saturated heterocycles. The Morgan fingerprint density at radius 1 is 1.18 bits per heavy atom. The van der Waals surface area contributed by atoms with E-state index < -0.39 is 0 Å². The summed E-state index contributed by atoms with van der Waals surface area (Å²) in [5.74, 6) is 1.30. The van der Waals surface area contributed by atoms with Gasteiger partial charge >= 0.3 is 0 Å². The number of nitrogens with zero attached hydrogens (tertiary/aromatic N) is 2. The van der Waals surface area contributed by atoms with E-state index in [0.29, 0.717) is 0 Å². The minimum Gasteiger partial charge on any atom is -0.234 e. The normalized spacial score (nSPS) is 11.5. The third kappa shape index (κ3) is 4.76. The maximum Gasteiger partial charge on any atom is 0.257 e. The first kappa shape index (κ1) is 14.0. The van der Waals surface area contributed by atoms with Gasteiger partial charge in [-0.1, -0.05) is 32.6 Å². The van der Waals surface area contributed by atoms with Crippen molar-refractivity contribution < 1.29 is 4.57 Å². The molecule has 1 heterocycles. The lowest BCUT2D eigenvalue weighted by Crippen LogP contribution is -2.33. The molecule has 2 heteroatoms. The highest BCUT2D eigenvalue weighted by Crippen LogP contribution is 2.06. The Kier molecular flexibility index (Phi) is 6.68. The summed E-state index contributed by atoms with van der Waals surface area (Å²) < 4.78 is 4.46. The van der Waals surface area contributed by atoms with Crippen molar-refractivity contribution >= 4 is 6.20 Å². The minimum absolute atomic E-state index is 1.05. The molecule has 17 heavy (non-hydrogen) atoms. The number of hydrogen-bond donors (Lipinski definition) is 0. The standard InChI is InChI=1S/C15H27N2/c1-4-6-7-8-9-10-11-12-17-14-13-16(5-2)15(17)3/h11-14H,4-10H2,1-3H3/q+1. The van der Waals surface area contributed by atoms with Crippen LogP contribution in [0.15, 0.2) is 18.5 Å². The highest BCUT2D eigenvalue weighted by molar-refractivity contribution is 5.22. The molecule has 96 valence electrons. The zero-order valence-electron chi connectivity index (χ0n) is 11.7. The highest BCUT2D eigenvalue weighted by Gasteiger charge is 2.06. The Balaban J connectivity index is 2.26. The fraction of sp³-hybridized carbons (Fsp3) is 0.667. The van der Waals surface area contributed by atoms with E-state index >= 15 is 0 Å². The van der Waals surface area contributed by atoms with Crippen molar-refractivity contribution in [2.24, 2.45) is 0 Å². The van der Waals surface area contributed by atoms with E-state index in [2.05, 4.69) is 54.6 Å². The molecule has 0 spiro atoms. The number of hydrogen-bond acceptors (Lipinski definition) is 0. The van der Waals surface area contributed by atoms with Gasteiger partial charge in [-0.05, 0) is 25.8 Å². The fourth-order valence-corrected chi connectivity index (χ4v) is 2.06. The molecule has 0 amide bonds. The summed E-state index contributed by atoms with van der Waals surface area (Å²) in [6.45, 7) is 7.64. The van der Waals surface area contributed by atoms with Crippen molar-refractivity contribution in [3.63, 3.8) is 0 Å². The molecule has 0 saturated carbocycles. The number of aromatic nitrogens is 2.